The van der Waals surface area contributed by atoms with E-state index in [1.165, 1.54) is 4.31 Å². The first-order valence-corrected chi connectivity index (χ1v) is 10.9. The average Bonchev–Trinajstić information content (AvgIpc) is 3.05. The summed E-state index contributed by atoms with van der Waals surface area (Å²) < 4.78 is 34.3. The van der Waals surface area contributed by atoms with Crippen molar-refractivity contribution < 1.29 is 17.9 Å². The van der Waals surface area contributed by atoms with Crippen LogP contribution in [0.15, 0.2) is 29.2 Å². The van der Waals surface area contributed by atoms with Crippen LogP contribution in [0.5, 0.6) is 0 Å². The fourth-order valence-corrected chi connectivity index (χ4v) is 6.17. The van der Waals surface area contributed by atoms with Crippen LogP contribution in [0.2, 0.25) is 0 Å². The summed E-state index contributed by atoms with van der Waals surface area (Å²) in [6, 6.07) is 6.64. The maximum atomic E-state index is 13.4. The minimum atomic E-state index is -3.74. The number of hydrogen-bond donors (Lipinski definition) is 0. The number of benzene rings is 1. The number of nitrogens with zero attached hydrogens (tertiary/aromatic N) is 1. The third kappa shape index (κ3) is 3.12. The fraction of sp³-hybridized carbons (Fsp3) is 0.650. The molecular formula is C20H29NO4S. The molecule has 1 aromatic carbocycles. The van der Waals surface area contributed by atoms with Crippen molar-refractivity contribution in [1.29, 1.82) is 0 Å². The first-order chi connectivity index (χ1) is 12.2. The number of carbonyl (C=O) groups is 1. The zero-order chi connectivity index (χ0) is 19.1. The molecule has 4 atom stereocenters. The minimum absolute atomic E-state index is 0.0537. The van der Waals surface area contributed by atoms with E-state index < -0.39 is 21.7 Å². The number of aryl methyl sites for hydroxylation is 1. The van der Waals surface area contributed by atoms with E-state index in [-0.39, 0.29) is 22.6 Å². The lowest BCUT2D eigenvalue weighted by Crippen LogP contribution is -2.54. The maximum Gasteiger partial charge on any atom is 0.245 e. The molecule has 1 aliphatic carbocycles. The first-order valence-electron chi connectivity index (χ1n) is 9.48. The van der Waals surface area contributed by atoms with Gasteiger partial charge in [0.15, 0.2) is 0 Å². The smallest absolute Gasteiger partial charge is 0.245 e. The van der Waals surface area contributed by atoms with Crippen molar-refractivity contribution in [2.75, 3.05) is 6.61 Å². The average molecular weight is 380 g/mol. The van der Waals surface area contributed by atoms with Crippen LogP contribution < -0.4 is 0 Å². The Morgan fingerprint density at radius 3 is 2.54 bits per heavy atom. The van der Waals surface area contributed by atoms with Gasteiger partial charge in [0.25, 0.3) is 0 Å². The zero-order valence-corrected chi connectivity index (χ0v) is 16.9. The second kappa shape index (κ2) is 7.06. The SMILES string of the molecule is CC[C@H]1CO[C@@H]([C@@]2(C)CCC[C@@H](C)C2=O)N1S(=O)(=O)c1ccc(C)cc1. The first kappa shape index (κ1) is 19.5. The number of rotatable bonds is 4. The van der Waals surface area contributed by atoms with Gasteiger partial charge in [-0.15, -0.1) is 0 Å². The number of hydrogen-bond acceptors (Lipinski definition) is 4. The van der Waals surface area contributed by atoms with Gasteiger partial charge in [-0.2, -0.15) is 4.31 Å². The van der Waals surface area contributed by atoms with Gasteiger partial charge in [0, 0.05) is 5.92 Å². The van der Waals surface area contributed by atoms with Crippen LogP contribution in [0.1, 0.15) is 52.0 Å². The summed E-state index contributed by atoms with van der Waals surface area (Å²) in [5, 5.41) is 0. The summed E-state index contributed by atoms with van der Waals surface area (Å²) >= 11 is 0. The van der Waals surface area contributed by atoms with Crippen LogP contribution in [0, 0.1) is 18.3 Å². The molecule has 144 valence electrons. The lowest BCUT2D eigenvalue weighted by Gasteiger charge is -2.42. The molecule has 2 fully saturated rings. The third-order valence-corrected chi connectivity index (χ3v) is 7.91. The largest absolute Gasteiger partial charge is 0.359 e. The molecule has 5 nitrogen and oxygen atoms in total. The quantitative estimate of drug-likeness (QED) is 0.803. The van der Waals surface area contributed by atoms with Crippen LogP contribution in [0.25, 0.3) is 0 Å². The normalized spacial score (nSPS) is 33.5. The Morgan fingerprint density at radius 1 is 1.27 bits per heavy atom. The molecule has 1 aliphatic heterocycles. The molecule has 0 spiro atoms. The summed E-state index contributed by atoms with van der Waals surface area (Å²) in [7, 11) is -3.74. The van der Waals surface area contributed by atoms with Crippen LogP contribution in [-0.2, 0) is 19.6 Å². The van der Waals surface area contributed by atoms with Crippen LogP contribution >= 0.6 is 0 Å². The zero-order valence-electron chi connectivity index (χ0n) is 16.1. The van der Waals surface area contributed by atoms with Gasteiger partial charge in [-0.05, 0) is 45.2 Å². The number of sulfonamides is 1. The van der Waals surface area contributed by atoms with E-state index >= 15 is 0 Å². The van der Waals surface area contributed by atoms with Gasteiger partial charge in [0.1, 0.15) is 12.0 Å². The standard InChI is InChI=1S/C20H29NO4S/c1-5-16-13-25-19(20(4)12-6-7-15(3)18(20)22)21(16)26(23,24)17-10-8-14(2)9-11-17/h8-11,15-16,19H,5-7,12-13H2,1-4H3/t15-,16+,19+,20+/m1/s1. The molecule has 0 amide bonds. The molecule has 0 bridgehead atoms. The molecule has 2 aliphatic rings. The van der Waals surface area contributed by atoms with Crippen molar-refractivity contribution in [3.05, 3.63) is 29.8 Å². The molecule has 0 aromatic heterocycles. The lowest BCUT2D eigenvalue weighted by atomic mass is 9.69. The van der Waals surface area contributed by atoms with Crippen molar-refractivity contribution in [2.45, 2.75) is 70.5 Å². The molecule has 0 unspecified atom stereocenters. The van der Waals surface area contributed by atoms with Gasteiger partial charge in [-0.3, -0.25) is 4.79 Å². The fourth-order valence-electron chi connectivity index (χ4n) is 4.30. The Balaban J connectivity index is 2.03. The van der Waals surface area contributed by atoms with E-state index in [9.17, 15) is 13.2 Å². The lowest BCUT2D eigenvalue weighted by molar-refractivity contribution is -0.147. The van der Waals surface area contributed by atoms with Gasteiger partial charge < -0.3 is 4.74 Å². The molecule has 1 heterocycles. The second-order valence-corrected chi connectivity index (χ2v) is 9.81. The number of ether oxygens (including phenoxy) is 1. The Bertz CT molecular complexity index is 774. The Kier molecular flexibility index (Phi) is 5.30. The highest BCUT2D eigenvalue weighted by molar-refractivity contribution is 7.89. The van der Waals surface area contributed by atoms with E-state index in [2.05, 4.69) is 0 Å². The van der Waals surface area contributed by atoms with Crippen molar-refractivity contribution >= 4 is 15.8 Å². The van der Waals surface area contributed by atoms with Gasteiger partial charge in [-0.1, -0.05) is 38.0 Å². The Hall–Kier alpha value is -1.24. The molecule has 3 rings (SSSR count). The van der Waals surface area contributed by atoms with E-state index in [4.69, 9.17) is 4.74 Å². The van der Waals surface area contributed by atoms with E-state index in [0.29, 0.717) is 19.4 Å². The maximum absolute atomic E-state index is 13.4. The summed E-state index contributed by atoms with van der Waals surface area (Å²) in [4.78, 5) is 13.2. The van der Waals surface area contributed by atoms with Gasteiger partial charge in [0.2, 0.25) is 10.0 Å². The molecule has 1 saturated heterocycles. The van der Waals surface area contributed by atoms with Crippen molar-refractivity contribution in [3.8, 4) is 0 Å². The molecule has 6 heteroatoms. The highest BCUT2D eigenvalue weighted by Crippen LogP contribution is 2.45. The highest BCUT2D eigenvalue weighted by Gasteiger charge is 2.55. The summed E-state index contributed by atoms with van der Waals surface area (Å²) in [5.41, 5.74) is 0.216. The topological polar surface area (TPSA) is 63.7 Å². The van der Waals surface area contributed by atoms with Gasteiger partial charge >= 0.3 is 0 Å². The van der Waals surface area contributed by atoms with Crippen molar-refractivity contribution in [2.24, 2.45) is 11.3 Å². The van der Waals surface area contributed by atoms with Crippen LogP contribution in [-0.4, -0.2) is 37.4 Å². The Labute approximate surface area is 156 Å². The predicted octanol–water partition coefficient (Wildman–Crippen LogP) is 3.52. The monoisotopic (exact) mass is 379 g/mol. The van der Waals surface area contributed by atoms with Gasteiger partial charge in [-0.25, -0.2) is 8.42 Å². The van der Waals surface area contributed by atoms with Gasteiger partial charge in [0.05, 0.1) is 23.0 Å². The molecule has 1 aromatic rings. The third-order valence-electron chi connectivity index (χ3n) is 5.99. The summed E-state index contributed by atoms with van der Waals surface area (Å²) in [6.45, 7) is 8.04. The molecule has 0 N–H and O–H groups in total. The Morgan fingerprint density at radius 2 is 1.92 bits per heavy atom. The van der Waals surface area contributed by atoms with Crippen molar-refractivity contribution in [1.82, 2.24) is 4.31 Å². The highest BCUT2D eigenvalue weighted by atomic mass is 32.2. The molecule has 26 heavy (non-hydrogen) atoms. The number of carbonyl (C=O) groups excluding carboxylic acids is 1. The minimum Gasteiger partial charge on any atom is -0.359 e. The molecule has 0 radical (unpaired) electrons. The molecule has 1 saturated carbocycles. The second-order valence-electron chi connectivity index (χ2n) is 7.97. The molecular weight excluding hydrogens is 350 g/mol. The summed E-state index contributed by atoms with van der Waals surface area (Å²) in [5.74, 6) is 0.0663. The van der Waals surface area contributed by atoms with E-state index in [1.807, 2.05) is 27.7 Å². The summed E-state index contributed by atoms with van der Waals surface area (Å²) in [6.07, 6.45) is 2.37. The van der Waals surface area contributed by atoms with Crippen LogP contribution in [0.3, 0.4) is 0 Å². The van der Waals surface area contributed by atoms with E-state index in [0.717, 1.165) is 18.4 Å². The van der Waals surface area contributed by atoms with Crippen molar-refractivity contribution in [3.63, 3.8) is 0 Å². The number of Topliss-reactive ketones (excluding diaryl/α,β-unsaturated/α-hetero) is 1. The van der Waals surface area contributed by atoms with E-state index in [1.54, 1.807) is 24.3 Å². The van der Waals surface area contributed by atoms with Crippen LogP contribution in [0.4, 0.5) is 0 Å². The predicted molar refractivity (Wildman–Crippen MR) is 100 cm³/mol. The number of ketones is 1.